The number of nitrogen functional groups attached to an aromatic ring is 1. The number of nitrogens with two attached hydrogens (primary N) is 1. The van der Waals surface area contributed by atoms with Crippen LogP contribution in [0.25, 0.3) is 57.5 Å². The third-order valence-electron chi connectivity index (χ3n) is 5.37. The fourth-order valence-electron chi connectivity index (χ4n) is 3.96. The van der Waals surface area contributed by atoms with Crippen molar-refractivity contribution < 1.29 is 17.1 Å². The summed E-state index contributed by atoms with van der Waals surface area (Å²) in [7, 11) is 0. The number of rotatable bonds is 1. The fourth-order valence-corrected chi connectivity index (χ4v) is 3.96. The Morgan fingerprint density at radius 3 is 1.81 bits per heavy atom. The molecule has 6 rings (SSSR count). The van der Waals surface area contributed by atoms with E-state index in [1.807, 2.05) is 72.8 Å². The van der Waals surface area contributed by atoms with E-state index in [9.17, 15) is 0 Å². The van der Waals surface area contributed by atoms with Gasteiger partial charge in [0.05, 0.1) is 22.8 Å². The van der Waals surface area contributed by atoms with Gasteiger partial charge in [-0.2, -0.15) is 0 Å². The van der Waals surface area contributed by atoms with E-state index in [1.54, 1.807) is 0 Å². The Kier molecular flexibility index (Phi) is 5.02. The number of hydrogen-bond donors (Lipinski definition) is 3. The first-order chi connectivity index (χ1) is 15.2. The van der Waals surface area contributed by atoms with E-state index in [0.717, 1.165) is 61.7 Å². The van der Waals surface area contributed by atoms with E-state index in [4.69, 9.17) is 15.7 Å². The van der Waals surface area contributed by atoms with E-state index < -0.39 is 0 Å². The van der Waals surface area contributed by atoms with Gasteiger partial charge in [-0.05, 0) is 84.5 Å². The van der Waals surface area contributed by atoms with Crippen LogP contribution in [-0.4, -0.2) is 19.9 Å². The van der Waals surface area contributed by atoms with Crippen LogP contribution in [0.15, 0.2) is 66.7 Å². The van der Waals surface area contributed by atoms with Gasteiger partial charge in [0.25, 0.3) is 0 Å². The number of anilines is 1. The second kappa shape index (κ2) is 8.00. The van der Waals surface area contributed by atoms with Crippen molar-refractivity contribution in [2.75, 3.05) is 5.73 Å². The van der Waals surface area contributed by atoms with E-state index in [2.05, 4.69) is 28.2 Å². The molecule has 5 heterocycles. The van der Waals surface area contributed by atoms with E-state index in [1.165, 1.54) is 0 Å². The van der Waals surface area contributed by atoms with Gasteiger partial charge in [0, 0.05) is 50.4 Å². The van der Waals surface area contributed by atoms with Gasteiger partial charge < -0.3 is 15.7 Å². The first-order valence-corrected chi connectivity index (χ1v) is 10.1. The molecule has 0 saturated carbocycles. The number of aromatic amines is 2. The Morgan fingerprint density at radius 2 is 1.19 bits per heavy atom. The van der Waals surface area contributed by atoms with Crippen LogP contribution in [0.4, 0.5) is 5.69 Å². The average molecular weight is 456 g/mol. The Bertz CT molecular complexity index is 1560. The summed E-state index contributed by atoms with van der Waals surface area (Å²) in [6.45, 7) is 0. The van der Waals surface area contributed by atoms with Crippen LogP contribution >= 0.6 is 0 Å². The molecule has 2 aliphatic heterocycles. The summed E-state index contributed by atoms with van der Waals surface area (Å²) in [4.78, 5) is 16.4. The summed E-state index contributed by atoms with van der Waals surface area (Å²) in [5.74, 6) is 0. The second-order valence-corrected chi connectivity index (χ2v) is 7.71. The van der Waals surface area contributed by atoms with Gasteiger partial charge in [0.1, 0.15) is 0 Å². The maximum absolute atomic E-state index is 6.05. The normalized spacial score (nSPS) is 12.0. The van der Waals surface area contributed by atoms with Gasteiger partial charge in [-0.3, -0.25) is 0 Å². The molecule has 8 bridgehead atoms. The van der Waals surface area contributed by atoms with Crippen LogP contribution in [-0.2, 0) is 17.1 Å². The van der Waals surface area contributed by atoms with Crippen molar-refractivity contribution in [2.45, 2.75) is 0 Å². The number of nitrogens with one attached hydrogen (secondary N) is 2. The monoisotopic (exact) mass is 456 g/mol. The molecule has 0 saturated heterocycles. The molecule has 2 aliphatic rings. The summed E-state index contributed by atoms with van der Waals surface area (Å²) < 4.78 is 0. The van der Waals surface area contributed by atoms with Crippen molar-refractivity contribution in [1.29, 1.82) is 0 Å². The minimum atomic E-state index is 0. The largest absolute Gasteiger partial charge is 0.399 e. The summed E-state index contributed by atoms with van der Waals surface area (Å²) in [5.41, 5.74) is 16.5. The number of nitrogens with zero attached hydrogens (tertiary/aromatic N) is 2. The Balaban J connectivity index is 0.00000216. The predicted molar refractivity (Wildman–Crippen MR) is 129 cm³/mol. The average Bonchev–Trinajstić information content (AvgIpc) is 3.53. The molecule has 5 nitrogen and oxygen atoms in total. The molecule has 0 aliphatic carbocycles. The predicted octanol–water partition coefficient (Wildman–Crippen LogP) is 5.90. The van der Waals surface area contributed by atoms with Crippen LogP contribution in [0.5, 0.6) is 0 Å². The van der Waals surface area contributed by atoms with Crippen molar-refractivity contribution in [1.82, 2.24) is 19.9 Å². The van der Waals surface area contributed by atoms with Crippen LogP contribution < -0.4 is 5.73 Å². The van der Waals surface area contributed by atoms with Gasteiger partial charge in [-0.1, -0.05) is 12.1 Å². The van der Waals surface area contributed by atoms with Gasteiger partial charge >= 0.3 is 0 Å². The third-order valence-corrected chi connectivity index (χ3v) is 5.37. The number of hydrogen-bond acceptors (Lipinski definition) is 3. The van der Waals surface area contributed by atoms with Gasteiger partial charge in [-0.15, -0.1) is 0 Å². The summed E-state index contributed by atoms with van der Waals surface area (Å²) in [6, 6.07) is 22.3. The zero-order chi connectivity index (χ0) is 20.8. The molecule has 0 amide bonds. The minimum absolute atomic E-state index is 0. The summed E-state index contributed by atoms with van der Waals surface area (Å²) in [6.07, 6.45) is 8.09. The summed E-state index contributed by atoms with van der Waals surface area (Å²) >= 11 is 0. The fraction of sp³-hybridized carbons (Fsp3) is 0. The topological polar surface area (TPSA) is 83.4 Å². The Labute approximate surface area is 195 Å². The molecule has 6 heteroatoms. The SMILES string of the molecule is Nc1cccc(-c2cc3cc4nc(cc5ccc(cc6nc(cc2[nH]3)C=C6)[nH]5)C=C4)c1.[Mn]. The molecule has 1 radical (unpaired) electrons. The van der Waals surface area contributed by atoms with Crippen molar-refractivity contribution in [3.63, 3.8) is 0 Å². The van der Waals surface area contributed by atoms with E-state index in [0.29, 0.717) is 0 Å². The van der Waals surface area contributed by atoms with Gasteiger partial charge in [0.15, 0.2) is 0 Å². The molecular weight excluding hydrogens is 437 g/mol. The first kappa shape index (κ1) is 20.1. The maximum atomic E-state index is 6.05. The minimum Gasteiger partial charge on any atom is -0.399 e. The molecule has 0 unspecified atom stereocenters. The number of benzene rings is 1. The standard InChI is InChI=1S/C26H19N5.Mn/c27-17-3-1-2-16(10-17)25-14-24-13-22-7-6-20(29-22)11-18-4-5-19(28-18)12-21-8-9-23(30-21)15-26(25)31-24;/h1-15,28,31H,27H2;. The van der Waals surface area contributed by atoms with Gasteiger partial charge in [-0.25, -0.2) is 9.97 Å². The van der Waals surface area contributed by atoms with Crippen molar-refractivity contribution in [3.05, 3.63) is 89.5 Å². The third kappa shape index (κ3) is 3.89. The first-order valence-electron chi connectivity index (χ1n) is 10.1. The number of H-pyrrole nitrogens is 2. The second-order valence-electron chi connectivity index (χ2n) is 7.71. The van der Waals surface area contributed by atoms with Crippen LogP contribution in [0.2, 0.25) is 0 Å². The smallest absolute Gasteiger partial charge is 0.0658 e. The zero-order valence-corrected chi connectivity index (χ0v) is 18.2. The molecular formula is C26H19MnN5. The van der Waals surface area contributed by atoms with E-state index >= 15 is 0 Å². The molecule has 0 spiro atoms. The maximum Gasteiger partial charge on any atom is 0.0658 e. The number of fused-ring (bicyclic) bond motifs is 8. The summed E-state index contributed by atoms with van der Waals surface area (Å²) in [5, 5.41) is 0. The molecule has 3 aromatic heterocycles. The molecule has 4 N–H and O–H groups in total. The quantitative estimate of drug-likeness (QED) is 0.213. The van der Waals surface area contributed by atoms with Crippen LogP contribution in [0, 0.1) is 0 Å². The molecule has 0 atom stereocenters. The Hall–Kier alpha value is -3.86. The van der Waals surface area contributed by atoms with Crippen molar-refractivity contribution >= 4 is 52.1 Å². The molecule has 4 aromatic rings. The molecule has 155 valence electrons. The number of aromatic nitrogens is 4. The Morgan fingerprint density at radius 1 is 0.594 bits per heavy atom. The van der Waals surface area contributed by atoms with Crippen molar-refractivity contribution in [2.24, 2.45) is 0 Å². The van der Waals surface area contributed by atoms with Crippen LogP contribution in [0.1, 0.15) is 22.8 Å². The van der Waals surface area contributed by atoms with Gasteiger partial charge in [0.2, 0.25) is 0 Å². The zero-order valence-electron chi connectivity index (χ0n) is 17.0. The molecule has 1 aromatic carbocycles. The molecule has 32 heavy (non-hydrogen) atoms. The van der Waals surface area contributed by atoms with E-state index in [-0.39, 0.29) is 17.1 Å². The van der Waals surface area contributed by atoms with Crippen molar-refractivity contribution in [3.8, 4) is 11.1 Å². The van der Waals surface area contributed by atoms with Crippen LogP contribution in [0.3, 0.4) is 0 Å². The molecule has 0 fully saturated rings.